The molecule has 1 aromatic rings. The molecule has 26 heavy (non-hydrogen) atoms. The standard InChI is InChI=1S/C18H22N2O6/c1-5-20-15(22)12-13(16(20)23)18(2,17(24)26-4)19-14(12)9-6-7-10(21)11(8-9)25-3/h6-8,12-14,19,21H,5H2,1-4H3/p+1/t12-,13-,14+,18+/m0/s1. The van der Waals surface area contributed by atoms with Gasteiger partial charge in [0.15, 0.2) is 11.5 Å². The van der Waals surface area contributed by atoms with Crippen LogP contribution in [0.15, 0.2) is 18.2 Å². The molecule has 4 atom stereocenters. The van der Waals surface area contributed by atoms with Crippen LogP contribution in [0.2, 0.25) is 0 Å². The minimum Gasteiger partial charge on any atom is -0.504 e. The van der Waals surface area contributed by atoms with Gasteiger partial charge in [-0.2, -0.15) is 0 Å². The van der Waals surface area contributed by atoms with Crippen LogP contribution in [0.3, 0.4) is 0 Å². The van der Waals surface area contributed by atoms with Crippen molar-refractivity contribution in [1.82, 2.24) is 4.90 Å². The van der Waals surface area contributed by atoms with Gasteiger partial charge >= 0.3 is 5.97 Å². The summed E-state index contributed by atoms with van der Waals surface area (Å²) in [5, 5.41) is 11.6. The number of hydrogen-bond donors (Lipinski definition) is 2. The van der Waals surface area contributed by atoms with E-state index in [1.807, 2.05) is 0 Å². The maximum Gasteiger partial charge on any atom is 0.368 e. The Kier molecular flexibility index (Phi) is 4.39. The first-order valence-corrected chi connectivity index (χ1v) is 8.46. The molecular formula is C18H23N2O6+. The summed E-state index contributed by atoms with van der Waals surface area (Å²) in [5.41, 5.74) is -0.507. The van der Waals surface area contributed by atoms with E-state index in [0.717, 1.165) is 0 Å². The number of nitrogens with zero attached hydrogens (tertiary/aromatic N) is 1. The number of rotatable bonds is 4. The van der Waals surface area contributed by atoms with Crippen LogP contribution in [0, 0.1) is 11.8 Å². The highest BCUT2D eigenvalue weighted by molar-refractivity contribution is 6.08. The lowest BCUT2D eigenvalue weighted by Crippen LogP contribution is -2.97. The zero-order valence-electron chi connectivity index (χ0n) is 15.2. The Balaban J connectivity index is 2.11. The molecule has 3 N–H and O–H groups in total. The summed E-state index contributed by atoms with van der Waals surface area (Å²) in [7, 11) is 2.70. The molecule has 0 aromatic heterocycles. The number of carbonyl (C=O) groups is 3. The van der Waals surface area contributed by atoms with Crippen molar-refractivity contribution in [2.24, 2.45) is 11.8 Å². The second-order valence-electron chi connectivity index (χ2n) is 6.82. The number of phenolic OH excluding ortho intramolecular Hbond substituents is 1. The van der Waals surface area contributed by atoms with E-state index in [9.17, 15) is 19.5 Å². The number of phenols is 1. The molecule has 8 nitrogen and oxygen atoms in total. The quantitative estimate of drug-likeness (QED) is 0.555. The van der Waals surface area contributed by atoms with Crippen molar-refractivity contribution in [3.05, 3.63) is 23.8 Å². The van der Waals surface area contributed by atoms with Gasteiger partial charge in [-0.05, 0) is 25.1 Å². The van der Waals surface area contributed by atoms with E-state index in [4.69, 9.17) is 9.47 Å². The molecule has 0 bridgehead atoms. The SMILES string of the molecule is CCN1C(=O)[C@@H]2[C@@H](c3ccc(O)c(OC)c3)[NH2+][C@@](C)(C(=O)OC)[C@@H]2C1=O. The molecule has 2 fully saturated rings. The number of fused-ring (bicyclic) bond motifs is 1. The largest absolute Gasteiger partial charge is 0.504 e. The number of imide groups is 1. The van der Waals surface area contributed by atoms with Gasteiger partial charge in [-0.25, -0.2) is 4.79 Å². The fourth-order valence-corrected chi connectivity index (χ4v) is 4.26. The van der Waals surface area contributed by atoms with Gasteiger partial charge in [-0.15, -0.1) is 0 Å². The molecule has 2 aliphatic heterocycles. The summed E-state index contributed by atoms with van der Waals surface area (Å²) < 4.78 is 10.1. The first-order chi connectivity index (χ1) is 12.3. The molecule has 8 heteroatoms. The van der Waals surface area contributed by atoms with Gasteiger partial charge in [0.2, 0.25) is 17.4 Å². The van der Waals surface area contributed by atoms with Crippen molar-refractivity contribution < 1.29 is 34.3 Å². The molecule has 2 saturated heterocycles. The first-order valence-electron chi connectivity index (χ1n) is 8.46. The summed E-state index contributed by atoms with van der Waals surface area (Å²) in [6, 6.07) is 4.31. The highest BCUT2D eigenvalue weighted by atomic mass is 16.5. The fourth-order valence-electron chi connectivity index (χ4n) is 4.26. The normalized spacial score (nSPS) is 30.5. The second kappa shape index (κ2) is 6.28. The van der Waals surface area contributed by atoms with Gasteiger partial charge in [0.25, 0.3) is 0 Å². The number of methoxy groups -OCH3 is 2. The molecule has 0 radical (unpaired) electrons. The van der Waals surface area contributed by atoms with Crippen LogP contribution in [0.5, 0.6) is 11.5 Å². The molecule has 2 heterocycles. The van der Waals surface area contributed by atoms with Gasteiger partial charge in [0, 0.05) is 19.0 Å². The number of likely N-dealkylation sites (tertiary alicyclic amines) is 1. The molecular weight excluding hydrogens is 340 g/mol. The van der Waals surface area contributed by atoms with Crippen LogP contribution in [0.25, 0.3) is 0 Å². The predicted molar refractivity (Wildman–Crippen MR) is 89.1 cm³/mol. The lowest BCUT2D eigenvalue weighted by molar-refractivity contribution is -0.731. The molecule has 1 aromatic carbocycles. The Labute approximate surface area is 151 Å². The van der Waals surface area contributed by atoms with Gasteiger partial charge in [-0.1, -0.05) is 0 Å². The topological polar surface area (TPSA) is 110 Å². The maximum atomic E-state index is 12.9. The zero-order chi connectivity index (χ0) is 19.2. The number of carbonyl (C=O) groups excluding carboxylic acids is 3. The van der Waals surface area contributed by atoms with Crippen LogP contribution in [-0.4, -0.2) is 54.1 Å². The molecule has 2 aliphatic rings. The number of esters is 1. The van der Waals surface area contributed by atoms with Crippen LogP contribution < -0.4 is 10.1 Å². The Morgan fingerprint density at radius 1 is 1.31 bits per heavy atom. The first kappa shape index (κ1) is 18.2. The summed E-state index contributed by atoms with van der Waals surface area (Å²) in [4.78, 5) is 39.4. The van der Waals surface area contributed by atoms with Crippen LogP contribution >= 0.6 is 0 Å². The van der Waals surface area contributed by atoms with Gasteiger partial charge in [-0.3, -0.25) is 14.5 Å². The lowest BCUT2D eigenvalue weighted by atomic mass is 9.80. The Hall–Kier alpha value is -2.61. The second-order valence-corrected chi connectivity index (χ2v) is 6.82. The molecule has 140 valence electrons. The summed E-state index contributed by atoms with van der Waals surface area (Å²) in [6.07, 6.45) is 0. The van der Waals surface area contributed by atoms with Crippen molar-refractivity contribution in [1.29, 1.82) is 0 Å². The smallest absolute Gasteiger partial charge is 0.368 e. The number of ether oxygens (including phenoxy) is 2. The van der Waals surface area contributed by atoms with Crippen LogP contribution in [0.1, 0.15) is 25.5 Å². The monoisotopic (exact) mass is 363 g/mol. The Bertz CT molecular complexity index is 779. The number of quaternary nitrogens is 1. The Morgan fingerprint density at radius 2 is 2.00 bits per heavy atom. The highest BCUT2D eigenvalue weighted by Crippen LogP contribution is 2.45. The summed E-state index contributed by atoms with van der Waals surface area (Å²) >= 11 is 0. The average Bonchev–Trinajstić information content (AvgIpc) is 3.09. The van der Waals surface area contributed by atoms with Crippen molar-refractivity contribution >= 4 is 17.8 Å². The van der Waals surface area contributed by atoms with E-state index in [2.05, 4.69) is 0 Å². The van der Waals surface area contributed by atoms with Crippen molar-refractivity contribution in [2.45, 2.75) is 25.4 Å². The number of hydrogen-bond acceptors (Lipinski definition) is 6. The minimum absolute atomic E-state index is 0.0227. The van der Waals surface area contributed by atoms with Crippen molar-refractivity contribution in [3.8, 4) is 11.5 Å². The van der Waals surface area contributed by atoms with Gasteiger partial charge in [0.1, 0.15) is 17.9 Å². The molecule has 0 spiro atoms. The predicted octanol–water partition coefficient (Wildman–Crippen LogP) is -0.428. The van der Waals surface area contributed by atoms with Crippen LogP contribution in [0.4, 0.5) is 0 Å². The number of benzene rings is 1. The molecule has 0 aliphatic carbocycles. The molecule has 3 rings (SSSR count). The van der Waals surface area contributed by atoms with Crippen molar-refractivity contribution in [3.63, 3.8) is 0 Å². The van der Waals surface area contributed by atoms with E-state index in [0.29, 0.717) is 5.56 Å². The third-order valence-electron chi connectivity index (χ3n) is 5.53. The van der Waals surface area contributed by atoms with Crippen LogP contribution in [-0.2, 0) is 19.1 Å². The van der Waals surface area contributed by atoms with E-state index in [-0.39, 0.29) is 29.9 Å². The lowest BCUT2D eigenvalue weighted by Gasteiger charge is -2.25. The molecule has 0 unspecified atom stereocenters. The maximum absolute atomic E-state index is 12.9. The van der Waals surface area contributed by atoms with Gasteiger partial charge in [0.05, 0.1) is 14.2 Å². The number of amides is 2. The molecule has 2 amide bonds. The zero-order valence-corrected chi connectivity index (χ0v) is 15.2. The van der Waals surface area contributed by atoms with Crippen molar-refractivity contribution in [2.75, 3.05) is 20.8 Å². The minimum atomic E-state index is -1.20. The van der Waals surface area contributed by atoms with E-state index in [1.54, 1.807) is 31.3 Å². The number of aromatic hydroxyl groups is 1. The third kappa shape index (κ3) is 2.36. The summed E-state index contributed by atoms with van der Waals surface area (Å²) in [5.74, 6) is -2.41. The number of nitrogens with two attached hydrogens (primary N) is 1. The fraction of sp³-hybridized carbons (Fsp3) is 0.500. The summed E-state index contributed by atoms with van der Waals surface area (Å²) in [6.45, 7) is 3.63. The van der Waals surface area contributed by atoms with E-state index < -0.39 is 29.4 Å². The third-order valence-corrected chi connectivity index (χ3v) is 5.53. The van der Waals surface area contributed by atoms with E-state index in [1.165, 1.54) is 25.2 Å². The highest BCUT2D eigenvalue weighted by Gasteiger charge is 2.70. The average molecular weight is 363 g/mol. The van der Waals surface area contributed by atoms with E-state index >= 15 is 0 Å². The Morgan fingerprint density at radius 3 is 2.58 bits per heavy atom. The van der Waals surface area contributed by atoms with Gasteiger partial charge < -0.3 is 19.9 Å². The molecule has 0 saturated carbocycles.